The van der Waals surface area contributed by atoms with Crippen molar-refractivity contribution in [3.8, 4) is 0 Å². The SMILES string of the molecule is O=C(c1cnn(Cc2ccccc2Cl)c1)N1CCN(C/C=C/c2ccccc2)CC1. The predicted octanol–water partition coefficient (Wildman–Crippen LogP) is 4.06. The number of hydrogen-bond acceptors (Lipinski definition) is 3. The largest absolute Gasteiger partial charge is 0.336 e. The van der Waals surface area contributed by atoms with Crippen molar-refractivity contribution in [2.45, 2.75) is 6.54 Å². The highest BCUT2D eigenvalue weighted by molar-refractivity contribution is 6.31. The maximum atomic E-state index is 12.9. The Bertz CT molecular complexity index is 1010. The Morgan fingerprint density at radius 2 is 1.73 bits per heavy atom. The molecule has 2 heterocycles. The van der Waals surface area contributed by atoms with Gasteiger partial charge in [0.05, 0.1) is 18.3 Å². The Kier molecular flexibility index (Phi) is 6.62. The van der Waals surface area contributed by atoms with Gasteiger partial charge in [-0.05, 0) is 17.2 Å². The van der Waals surface area contributed by atoms with Gasteiger partial charge in [-0.15, -0.1) is 0 Å². The molecule has 0 N–H and O–H groups in total. The highest BCUT2D eigenvalue weighted by Gasteiger charge is 2.22. The standard InChI is InChI=1S/C24H25ClN4O/c25-23-11-5-4-10-21(23)18-29-19-22(17-26-29)24(30)28-15-13-27(14-16-28)12-6-9-20-7-2-1-3-8-20/h1-11,17,19H,12-16,18H2/b9-6+. The Labute approximate surface area is 182 Å². The zero-order chi connectivity index (χ0) is 20.8. The maximum absolute atomic E-state index is 12.9. The number of piperazine rings is 1. The molecular formula is C24H25ClN4O. The summed E-state index contributed by atoms with van der Waals surface area (Å²) in [7, 11) is 0. The van der Waals surface area contributed by atoms with Crippen LogP contribution in [-0.4, -0.2) is 58.2 Å². The van der Waals surface area contributed by atoms with Crippen molar-refractivity contribution in [3.63, 3.8) is 0 Å². The van der Waals surface area contributed by atoms with Crippen molar-refractivity contribution in [3.05, 3.63) is 94.8 Å². The Morgan fingerprint density at radius 1 is 1.00 bits per heavy atom. The number of benzene rings is 2. The normalized spacial score (nSPS) is 15.0. The third-order valence-corrected chi connectivity index (χ3v) is 5.67. The average molecular weight is 421 g/mol. The molecule has 6 heteroatoms. The van der Waals surface area contributed by atoms with Gasteiger partial charge in [-0.25, -0.2) is 0 Å². The van der Waals surface area contributed by atoms with Crippen LogP contribution in [0.15, 0.2) is 73.1 Å². The number of aromatic nitrogens is 2. The summed E-state index contributed by atoms with van der Waals surface area (Å²) in [4.78, 5) is 17.1. The lowest BCUT2D eigenvalue weighted by molar-refractivity contribution is 0.0650. The second kappa shape index (κ2) is 9.74. The minimum atomic E-state index is 0.0416. The van der Waals surface area contributed by atoms with E-state index in [0.29, 0.717) is 17.1 Å². The molecule has 1 amide bonds. The minimum absolute atomic E-state index is 0.0416. The molecule has 1 saturated heterocycles. The van der Waals surface area contributed by atoms with Gasteiger partial charge in [0.25, 0.3) is 5.91 Å². The smallest absolute Gasteiger partial charge is 0.257 e. The number of carbonyl (C=O) groups is 1. The maximum Gasteiger partial charge on any atom is 0.257 e. The number of hydrogen-bond donors (Lipinski definition) is 0. The van der Waals surface area contributed by atoms with E-state index in [9.17, 15) is 4.79 Å². The summed E-state index contributed by atoms with van der Waals surface area (Å²) in [6, 6.07) is 18.0. The van der Waals surface area contributed by atoms with Crippen molar-refractivity contribution in [1.29, 1.82) is 0 Å². The number of carbonyl (C=O) groups excluding carboxylic acids is 1. The molecule has 0 atom stereocenters. The van der Waals surface area contributed by atoms with Crippen LogP contribution in [0.5, 0.6) is 0 Å². The van der Waals surface area contributed by atoms with Crippen LogP contribution in [0.2, 0.25) is 5.02 Å². The second-order valence-corrected chi connectivity index (χ2v) is 7.83. The van der Waals surface area contributed by atoms with E-state index in [0.717, 1.165) is 38.3 Å². The number of rotatable bonds is 6. The lowest BCUT2D eigenvalue weighted by Crippen LogP contribution is -2.48. The molecule has 1 aliphatic rings. The molecular weight excluding hydrogens is 396 g/mol. The molecule has 0 unspecified atom stereocenters. The quantitative estimate of drug-likeness (QED) is 0.604. The second-order valence-electron chi connectivity index (χ2n) is 7.42. The first-order chi connectivity index (χ1) is 14.7. The molecule has 1 fully saturated rings. The van der Waals surface area contributed by atoms with E-state index in [-0.39, 0.29) is 5.91 Å². The van der Waals surface area contributed by atoms with Crippen LogP contribution in [0.4, 0.5) is 0 Å². The molecule has 2 aromatic carbocycles. The summed E-state index contributed by atoms with van der Waals surface area (Å²) in [6.45, 7) is 4.65. The number of halogens is 1. The van der Waals surface area contributed by atoms with E-state index >= 15 is 0 Å². The van der Waals surface area contributed by atoms with E-state index < -0.39 is 0 Å². The van der Waals surface area contributed by atoms with Crippen LogP contribution in [0.25, 0.3) is 6.08 Å². The highest BCUT2D eigenvalue weighted by atomic mass is 35.5. The average Bonchev–Trinajstić information content (AvgIpc) is 3.25. The summed E-state index contributed by atoms with van der Waals surface area (Å²) in [6.07, 6.45) is 7.78. The fraction of sp³-hybridized carbons (Fsp3) is 0.250. The third-order valence-electron chi connectivity index (χ3n) is 5.30. The van der Waals surface area contributed by atoms with Crippen LogP contribution in [0.1, 0.15) is 21.5 Å². The topological polar surface area (TPSA) is 41.4 Å². The summed E-state index contributed by atoms with van der Waals surface area (Å²) >= 11 is 6.22. The first-order valence-corrected chi connectivity index (χ1v) is 10.6. The first-order valence-electron chi connectivity index (χ1n) is 10.2. The van der Waals surface area contributed by atoms with Gasteiger partial charge in [-0.1, -0.05) is 72.3 Å². The molecule has 3 aromatic rings. The lowest BCUT2D eigenvalue weighted by atomic mass is 10.2. The zero-order valence-electron chi connectivity index (χ0n) is 16.8. The summed E-state index contributed by atoms with van der Waals surface area (Å²) < 4.78 is 1.76. The van der Waals surface area contributed by atoms with Gasteiger partial charge >= 0.3 is 0 Å². The Morgan fingerprint density at radius 3 is 2.50 bits per heavy atom. The molecule has 4 rings (SSSR count). The van der Waals surface area contributed by atoms with E-state index in [1.165, 1.54) is 5.56 Å². The fourth-order valence-corrected chi connectivity index (χ4v) is 3.78. The van der Waals surface area contributed by atoms with Crippen LogP contribution in [-0.2, 0) is 6.54 Å². The Hall–Kier alpha value is -2.89. The molecule has 154 valence electrons. The molecule has 0 bridgehead atoms. The van der Waals surface area contributed by atoms with Crippen molar-refractivity contribution in [2.75, 3.05) is 32.7 Å². The molecule has 1 aliphatic heterocycles. The molecule has 0 radical (unpaired) electrons. The van der Waals surface area contributed by atoms with Crippen molar-refractivity contribution < 1.29 is 4.79 Å². The lowest BCUT2D eigenvalue weighted by Gasteiger charge is -2.34. The van der Waals surface area contributed by atoms with Gasteiger partial charge in [0.1, 0.15) is 0 Å². The molecule has 1 aromatic heterocycles. The summed E-state index contributed by atoms with van der Waals surface area (Å²) in [5.41, 5.74) is 2.82. The van der Waals surface area contributed by atoms with E-state index in [1.807, 2.05) is 47.4 Å². The van der Waals surface area contributed by atoms with Crippen LogP contribution >= 0.6 is 11.6 Å². The fourth-order valence-electron chi connectivity index (χ4n) is 3.58. The first kappa shape index (κ1) is 20.4. The van der Waals surface area contributed by atoms with Crippen LogP contribution in [0.3, 0.4) is 0 Å². The van der Waals surface area contributed by atoms with Gasteiger partial charge in [0, 0.05) is 43.9 Å². The number of amides is 1. The number of nitrogens with zero attached hydrogens (tertiary/aromatic N) is 4. The van der Waals surface area contributed by atoms with Gasteiger partial charge in [-0.2, -0.15) is 5.10 Å². The van der Waals surface area contributed by atoms with E-state index in [1.54, 1.807) is 17.1 Å². The predicted molar refractivity (Wildman–Crippen MR) is 121 cm³/mol. The van der Waals surface area contributed by atoms with E-state index in [2.05, 4.69) is 34.3 Å². The van der Waals surface area contributed by atoms with Gasteiger partial charge < -0.3 is 4.90 Å². The third kappa shape index (κ3) is 5.17. The molecule has 5 nitrogen and oxygen atoms in total. The van der Waals surface area contributed by atoms with Gasteiger partial charge in [0.15, 0.2) is 0 Å². The van der Waals surface area contributed by atoms with Crippen molar-refractivity contribution >= 4 is 23.6 Å². The minimum Gasteiger partial charge on any atom is -0.336 e. The summed E-state index contributed by atoms with van der Waals surface area (Å²) in [5, 5.41) is 5.05. The van der Waals surface area contributed by atoms with Crippen molar-refractivity contribution in [2.24, 2.45) is 0 Å². The van der Waals surface area contributed by atoms with E-state index in [4.69, 9.17) is 11.6 Å². The highest BCUT2D eigenvalue weighted by Crippen LogP contribution is 2.16. The molecule has 0 saturated carbocycles. The van der Waals surface area contributed by atoms with Crippen LogP contribution in [0, 0.1) is 0 Å². The monoisotopic (exact) mass is 420 g/mol. The van der Waals surface area contributed by atoms with Crippen LogP contribution < -0.4 is 0 Å². The zero-order valence-corrected chi connectivity index (χ0v) is 17.6. The van der Waals surface area contributed by atoms with Gasteiger partial charge in [0.2, 0.25) is 0 Å². The van der Waals surface area contributed by atoms with Crippen molar-refractivity contribution in [1.82, 2.24) is 19.6 Å². The molecule has 0 aliphatic carbocycles. The van der Waals surface area contributed by atoms with Gasteiger partial charge in [-0.3, -0.25) is 14.4 Å². The summed E-state index contributed by atoms with van der Waals surface area (Å²) in [5.74, 6) is 0.0416. The molecule has 30 heavy (non-hydrogen) atoms. The Balaban J connectivity index is 1.28. The molecule has 0 spiro atoms.